The van der Waals surface area contributed by atoms with Gasteiger partial charge in [0.05, 0.1) is 10.7 Å². The second-order valence-electron chi connectivity index (χ2n) is 4.65. The number of carbonyl (C=O) groups excluding carboxylic acids is 1. The minimum Gasteiger partial charge on any atom is -0.343 e. The van der Waals surface area contributed by atoms with Crippen molar-refractivity contribution in [2.45, 2.75) is 45.4 Å². The van der Waals surface area contributed by atoms with E-state index in [-0.39, 0.29) is 0 Å². The van der Waals surface area contributed by atoms with Gasteiger partial charge in [-0.2, -0.15) is 0 Å². The van der Waals surface area contributed by atoms with Crippen molar-refractivity contribution in [3.05, 3.63) is 16.1 Å². The summed E-state index contributed by atoms with van der Waals surface area (Å²) in [6, 6.07) is 0. The molecule has 1 saturated heterocycles. The van der Waals surface area contributed by atoms with Crippen molar-refractivity contribution < 1.29 is 4.79 Å². The highest BCUT2D eigenvalue weighted by atomic mass is 32.1. The zero-order valence-corrected chi connectivity index (χ0v) is 11.3. The van der Waals surface area contributed by atoms with Gasteiger partial charge in [0.1, 0.15) is 0 Å². The van der Waals surface area contributed by atoms with Crippen molar-refractivity contribution in [3.8, 4) is 0 Å². The van der Waals surface area contributed by atoms with Gasteiger partial charge in [0.2, 0.25) is 5.91 Å². The normalized spacial score (nSPS) is 16.9. The fourth-order valence-corrected chi connectivity index (χ4v) is 2.88. The Morgan fingerprint density at radius 2 is 2.06 bits per heavy atom. The van der Waals surface area contributed by atoms with Gasteiger partial charge in [0.25, 0.3) is 0 Å². The predicted molar refractivity (Wildman–Crippen MR) is 70.2 cm³/mol. The lowest BCUT2D eigenvalue weighted by molar-refractivity contribution is -0.131. The second kappa shape index (κ2) is 6.15. The first-order chi connectivity index (χ1) is 8.25. The van der Waals surface area contributed by atoms with Crippen molar-refractivity contribution in [1.82, 2.24) is 9.88 Å². The van der Waals surface area contributed by atoms with Gasteiger partial charge in [0, 0.05) is 24.9 Å². The highest BCUT2D eigenvalue weighted by Crippen LogP contribution is 2.13. The molecule has 2 rings (SSSR count). The molecule has 0 unspecified atom stereocenters. The topological polar surface area (TPSA) is 33.2 Å². The molecule has 1 fully saturated rings. The largest absolute Gasteiger partial charge is 0.343 e. The molecule has 0 atom stereocenters. The molecular weight excluding hydrogens is 232 g/mol. The molecule has 0 aliphatic carbocycles. The molecule has 0 aromatic carbocycles. The van der Waals surface area contributed by atoms with Crippen LogP contribution in [-0.4, -0.2) is 28.9 Å². The van der Waals surface area contributed by atoms with E-state index in [1.165, 1.54) is 25.7 Å². The molecule has 1 aliphatic rings. The number of aromatic nitrogens is 1. The van der Waals surface area contributed by atoms with Crippen LogP contribution in [0.1, 0.15) is 42.8 Å². The molecule has 3 nitrogen and oxygen atoms in total. The van der Waals surface area contributed by atoms with Gasteiger partial charge in [0.15, 0.2) is 0 Å². The van der Waals surface area contributed by atoms with E-state index in [0.29, 0.717) is 12.3 Å². The average molecular weight is 252 g/mol. The highest BCUT2D eigenvalue weighted by molar-refractivity contribution is 7.09. The van der Waals surface area contributed by atoms with E-state index >= 15 is 0 Å². The lowest BCUT2D eigenvalue weighted by atomic mass is 10.2. The molecule has 17 heavy (non-hydrogen) atoms. The van der Waals surface area contributed by atoms with Crippen LogP contribution in [0.3, 0.4) is 0 Å². The fraction of sp³-hybridized carbons (Fsp3) is 0.692. The van der Waals surface area contributed by atoms with Gasteiger partial charge in [-0.15, -0.1) is 11.3 Å². The van der Waals surface area contributed by atoms with Gasteiger partial charge in [-0.25, -0.2) is 4.98 Å². The molecular formula is C13H20N2OS. The summed E-state index contributed by atoms with van der Waals surface area (Å²) >= 11 is 1.66. The van der Waals surface area contributed by atoms with E-state index in [2.05, 4.69) is 10.4 Å². The van der Waals surface area contributed by atoms with Crippen LogP contribution < -0.4 is 0 Å². The van der Waals surface area contributed by atoms with Crippen LogP contribution in [0.5, 0.6) is 0 Å². The number of amides is 1. The first-order valence-corrected chi connectivity index (χ1v) is 7.32. The fourth-order valence-electron chi connectivity index (χ4n) is 2.24. The third kappa shape index (κ3) is 3.80. The smallest absolute Gasteiger partial charge is 0.222 e. The number of likely N-dealkylation sites (tertiary alicyclic amines) is 1. The van der Waals surface area contributed by atoms with Crippen LogP contribution in [0.15, 0.2) is 5.38 Å². The van der Waals surface area contributed by atoms with Crippen molar-refractivity contribution in [2.75, 3.05) is 13.1 Å². The Bertz CT molecular complexity index is 367. The summed E-state index contributed by atoms with van der Waals surface area (Å²) in [6.07, 6.45) is 6.29. The Kier molecular flexibility index (Phi) is 4.54. The van der Waals surface area contributed by atoms with Gasteiger partial charge in [-0.3, -0.25) is 4.79 Å². The van der Waals surface area contributed by atoms with Gasteiger partial charge >= 0.3 is 0 Å². The quantitative estimate of drug-likeness (QED) is 0.828. The maximum atomic E-state index is 12.0. The molecule has 0 bridgehead atoms. The minimum absolute atomic E-state index is 0.303. The molecule has 94 valence electrons. The summed E-state index contributed by atoms with van der Waals surface area (Å²) < 4.78 is 0. The van der Waals surface area contributed by atoms with E-state index in [0.717, 1.165) is 30.2 Å². The Morgan fingerprint density at radius 3 is 2.65 bits per heavy atom. The molecule has 1 aromatic rings. The molecule has 0 saturated carbocycles. The van der Waals surface area contributed by atoms with Crippen LogP contribution >= 0.6 is 11.3 Å². The number of rotatable bonds is 3. The van der Waals surface area contributed by atoms with E-state index in [1.54, 1.807) is 11.3 Å². The van der Waals surface area contributed by atoms with Crippen LogP contribution in [0, 0.1) is 6.92 Å². The van der Waals surface area contributed by atoms with E-state index in [1.807, 2.05) is 11.8 Å². The molecule has 1 amide bonds. The van der Waals surface area contributed by atoms with Crippen molar-refractivity contribution in [2.24, 2.45) is 0 Å². The van der Waals surface area contributed by atoms with Gasteiger partial charge in [-0.05, 0) is 26.2 Å². The first kappa shape index (κ1) is 12.6. The predicted octanol–water partition coefficient (Wildman–Crippen LogP) is 2.79. The standard InChI is InChI=1S/C13H20N2OS/c1-11-14-12(10-17-11)6-7-13(16)15-8-4-2-3-5-9-15/h10H,2-9H2,1H3. The molecule has 1 aliphatic heterocycles. The van der Waals surface area contributed by atoms with Crippen molar-refractivity contribution in [3.63, 3.8) is 0 Å². The van der Waals surface area contributed by atoms with Crippen molar-refractivity contribution >= 4 is 17.2 Å². The van der Waals surface area contributed by atoms with E-state index < -0.39 is 0 Å². The maximum absolute atomic E-state index is 12.0. The Balaban J connectivity index is 1.79. The summed E-state index contributed by atoms with van der Waals surface area (Å²) in [7, 11) is 0. The number of aryl methyl sites for hydroxylation is 2. The zero-order valence-electron chi connectivity index (χ0n) is 10.4. The Morgan fingerprint density at radius 1 is 1.35 bits per heavy atom. The molecule has 0 spiro atoms. The molecule has 1 aromatic heterocycles. The lowest BCUT2D eigenvalue weighted by Gasteiger charge is -2.19. The van der Waals surface area contributed by atoms with E-state index in [9.17, 15) is 4.79 Å². The third-order valence-electron chi connectivity index (χ3n) is 3.22. The van der Waals surface area contributed by atoms with Crippen LogP contribution in [0.4, 0.5) is 0 Å². The molecule has 0 N–H and O–H groups in total. The van der Waals surface area contributed by atoms with Crippen LogP contribution in [-0.2, 0) is 11.2 Å². The van der Waals surface area contributed by atoms with Gasteiger partial charge in [-0.1, -0.05) is 12.8 Å². The summed E-state index contributed by atoms with van der Waals surface area (Å²) in [4.78, 5) is 18.5. The minimum atomic E-state index is 0.303. The molecule has 2 heterocycles. The average Bonchev–Trinajstić information content (AvgIpc) is 2.58. The SMILES string of the molecule is Cc1nc(CCC(=O)N2CCCCCC2)cs1. The molecule has 0 radical (unpaired) electrons. The maximum Gasteiger partial charge on any atom is 0.222 e. The molecule has 4 heteroatoms. The van der Waals surface area contributed by atoms with Gasteiger partial charge < -0.3 is 4.90 Å². The van der Waals surface area contributed by atoms with E-state index in [4.69, 9.17) is 0 Å². The second-order valence-corrected chi connectivity index (χ2v) is 5.72. The van der Waals surface area contributed by atoms with Crippen LogP contribution in [0.2, 0.25) is 0 Å². The number of carbonyl (C=O) groups is 1. The third-order valence-corrected chi connectivity index (χ3v) is 4.04. The number of thiazole rings is 1. The monoisotopic (exact) mass is 252 g/mol. The summed E-state index contributed by atoms with van der Waals surface area (Å²) in [5.41, 5.74) is 1.07. The Labute approximate surface area is 107 Å². The Hall–Kier alpha value is -0.900. The summed E-state index contributed by atoms with van der Waals surface area (Å²) in [6.45, 7) is 3.91. The number of nitrogens with zero attached hydrogens (tertiary/aromatic N) is 2. The lowest BCUT2D eigenvalue weighted by Crippen LogP contribution is -2.31. The van der Waals surface area contributed by atoms with Crippen LogP contribution in [0.25, 0.3) is 0 Å². The first-order valence-electron chi connectivity index (χ1n) is 6.44. The highest BCUT2D eigenvalue weighted by Gasteiger charge is 2.15. The van der Waals surface area contributed by atoms with Crippen molar-refractivity contribution in [1.29, 1.82) is 0 Å². The number of hydrogen-bond acceptors (Lipinski definition) is 3. The summed E-state index contributed by atoms with van der Waals surface area (Å²) in [5, 5.41) is 3.15. The zero-order chi connectivity index (χ0) is 12.1. The number of hydrogen-bond donors (Lipinski definition) is 0. The summed E-state index contributed by atoms with van der Waals surface area (Å²) in [5.74, 6) is 0.303.